The van der Waals surface area contributed by atoms with Crippen molar-refractivity contribution in [1.82, 2.24) is 14.3 Å². The van der Waals surface area contributed by atoms with Crippen molar-refractivity contribution in [2.45, 2.75) is 18.9 Å². The Balaban J connectivity index is 2.38. The van der Waals surface area contributed by atoms with E-state index in [1.165, 1.54) is 0 Å². The van der Waals surface area contributed by atoms with Crippen molar-refractivity contribution in [2.75, 3.05) is 33.3 Å². The van der Waals surface area contributed by atoms with Crippen LogP contribution in [0.4, 0.5) is 4.79 Å². The monoisotopic (exact) mass is 280 g/mol. The Bertz CT molecular complexity index is 365. The standard InChI is InChI=1S/C9H20N4O4S/c1-17-9(14)12-18(15,16)11-8-2-5-13(6-3-8)7-4-10/h8,11H,2-7,10H2,1H3,(H,12,14). The van der Waals surface area contributed by atoms with E-state index in [9.17, 15) is 13.2 Å². The second-order valence-corrected chi connectivity index (χ2v) is 5.57. The van der Waals surface area contributed by atoms with Gasteiger partial charge in [0.05, 0.1) is 7.11 Å². The van der Waals surface area contributed by atoms with Gasteiger partial charge < -0.3 is 15.4 Å². The van der Waals surface area contributed by atoms with Gasteiger partial charge in [-0.2, -0.15) is 13.1 Å². The van der Waals surface area contributed by atoms with E-state index in [1.54, 1.807) is 4.72 Å². The summed E-state index contributed by atoms with van der Waals surface area (Å²) in [6, 6.07) is -0.166. The van der Waals surface area contributed by atoms with E-state index in [4.69, 9.17) is 5.73 Å². The summed E-state index contributed by atoms with van der Waals surface area (Å²) in [6.07, 6.45) is 0.396. The largest absolute Gasteiger partial charge is 0.452 e. The predicted molar refractivity (Wildman–Crippen MR) is 66.1 cm³/mol. The summed E-state index contributed by atoms with van der Waals surface area (Å²) in [5.74, 6) is 0. The summed E-state index contributed by atoms with van der Waals surface area (Å²) in [4.78, 5) is 13.0. The number of piperidine rings is 1. The minimum atomic E-state index is -3.84. The van der Waals surface area contributed by atoms with Gasteiger partial charge in [-0.3, -0.25) is 0 Å². The third-order valence-corrected chi connectivity index (χ3v) is 3.84. The van der Waals surface area contributed by atoms with Crippen molar-refractivity contribution in [3.05, 3.63) is 0 Å². The number of carbonyl (C=O) groups excluding carboxylic acids is 1. The molecule has 1 rings (SSSR count). The molecule has 0 aromatic heterocycles. The molecule has 0 aromatic carbocycles. The molecule has 8 nitrogen and oxygen atoms in total. The molecule has 0 saturated carbocycles. The van der Waals surface area contributed by atoms with Crippen LogP contribution in [0.3, 0.4) is 0 Å². The van der Waals surface area contributed by atoms with E-state index >= 15 is 0 Å². The van der Waals surface area contributed by atoms with E-state index in [1.807, 2.05) is 0 Å². The number of hydrogen-bond acceptors (Lipinski definition) is 6. The fourth-order valence-electron chi connectivity index (χ4n) is 1.86. The van der Waals surface area contributed by atoms with Gasteiger partial charge in [0.2, 0.25) is 0 Å². The number of nitrogens with two attached hydrogens (primary N) is 1. The highest BCUT2D eigenvalue weighted by molar-refractivity contribution is 7.88. The average Bonchev–Trinajstić information content (AvgIpc) is 2.31. The van der Waals surface area contributed by atoms with Crippen molar-refractivity contribution < 1.29 is 17.9 Å². The van der Waals surface area contributed by atoms with Crippen LogP contribution in [0.15, 0.2) is 0 Å². The third-order valence-electron chi connectivity index (χ3n) is 2.76. The number of rotatable bonds is 5. The van der Waals surface area contributed by atoms with Crippen LogP contribution in [0.1, 0.15) is 12.8 Å². The van der Waals surface area contributed by atoms with E-state index in [0.29, 0.717) is 19.4 Å². The van der Waals surface area contributed by atoms with E-state index in [0.717, 1.165) is 26.7 Å². The molecule has 1 aliphatic rings. The maximum Gasteiger partial charge on any atom is 0.421 e. The number of methoxy groups -OCH3 is 1. The second-order valence-electron chi connectivity index (χ2n) is 4.12. The summed E-state index contributed by atoms with van der Waals surface area (Å²) in [6.45, 7) is 3.01. The number of ether oxygens (including phenoxy) is 1. The van der Waals surface area contributed by atoms with Gasteiger partial charge in [-0.1, -0.05) is 0 Å². The summed E-state index contributed by atoms with van der Waals surface area (Å²) >= 11 is 0. The van der Waals surface area contributed by atoms with Gasteiger partial charge >= 0.3 is 16.3 Å². The maximum atomic E-state index is 11.5. The topological polar surface area (TPSA) is 114 Å². The smallest absolute Gasteiger partial charge is 0.421 e. The lowest BCUT2D eigenvalue weighted by molar-refractivity contribution is 0.177. The first kappa shape index (κ1) is 15.2. The molecule has 0 aliphatic carbocycles. The Morgan fingerprint density at radius 1 is 1.44 bits per heavy atom. The Morgan fingerprint density at radius 3 is 2.56 bits per heavy atom. The molecule has 9 heteroatoms. The van der Waals surface area contributed by atoms with Crippen molar-refractivity contribution in [3.8, 4) is 0 Å². The first-order valence-corrected chi connectivity index (χ1v) is 7.25. The number of amides is 1. The van der Waals surface area contributed by atoms with E-state index < -0.39 is 16.3 Å². The summed E-state index contributed by atoms with van der Waals surface area (Å²) in [5, 5.41) is 0. The highest BCUT2D eigenvalue weighted by atomic mass is 32.2. The number of nitrogens with one attached hydrogen (secondary N) is 2. The molecule has 1 fully saturated rings. The lowest BCUT2D eigenvalue weighted by atomic mass is 10.1. The zero-order valence-electron chi connectivity index (χ0n) is 10.4. The van der Waals surface area contributed by atoms with Gasteiger partial charge in [-0.25, -0.2) is 9.52 Å². The second kappa shape index (κ2) is 6.88. The van der Waals surface area contributed by atoms with E-state index in [2.05, 4.69) is 14.4 Å². The Morgan fingerprint density at radius 2 is 2.06 bits per heavy atom. The molecule has 1 aliphatic heterocycles. The van der Waals surface area contributed by atoms with Gasteiger partial charge in [-0.15, -0.1) is 0 Å². The van der Waals surface area contributed by atoms with Crippen molar-refractivity contribution in [3.63, 3.8) is 0 Å². The van der Waals surface area contributed by atoms with Crippen LogP contribution in [0.2, 0.25) is 0 Å². The van der Waals surface area contributed by atoms with Gasteiger partial charge in [0.25, 0.3) is 0 Å². The van der Waals surface area contributed by atoms with Gasteiger partial charge in [0.1, 0.15) is 0 Å². The first-order valence-electron chi connectivity index (χ1n) is 5.77. The minimum Gasteiger partial charge on any atom is -0.452 e. The lowest BCUT2D eigenvalue weighted by Crippen LogP contribution is -2.49. The molecule has 18 heavy (non-hydrogen) atoms. The molecule has 106 valence electrons. The number of hydrogen-bond donors (Lipinski definition) is 3. The SMILES string of the molecule is COC(=O)NS(=O)(=O)NC1CCN(CCN)CC1. The van der Waals surface area contributed by atoms with Crippen LogP contribution in [0, 0.1) is 0 Å². The number of likely N-dealkylation sites (tertiary alicyclic amines) is 1. The lowest BCUT2D eigenvalue weighted by Gasteiger charge is -2.31. The number of carbonyl (C=O) groups is 1. The molecule has 4 N–H and O–H groups in total. The van der Waals surface area contributed by atoms with Gasteiger partial charge in [0, 0.05) is 19.1 Å². The molecule has 1 amide bonds. The molecule has 0 aromatic rings. The average molecular weight is 280 g/mol. The Kier molecular flexibility index (Phi) is 5.79. The van der Waals surface area contributed by atoms with Crippen molar-refractivity contribution in [2.24, 2.45) is 5.73 Å². The molecule has 0 spiro atoms. The molecular formula is C9H20N4O4S. The molecule has 0 unspecified atom stereocenters. The van der Waals surface area contributed by atoms with Crippen LogP contribution in [-0.4, -0.2) is 58.7 Å². The van der Waals surface area contributed by atoms with E-state index in [-0.39, 0.29) is 6.04 Å². The zero-order chi connectivity index (χ0) is 13.6. The number of nitrogens with zero attached hydrogens (tertiary/aromatic N) is 1. The van der Waals surface area contributed by atoms with Crippen LogP contribution in [0.5, 0.6) is 0 Å². The molecule has 1 heterocycles. The van der Waals surface area contributed by atoms with Crippen molar-refractivity contribution in [1.29, 1.82) is 0 Å². The fraction of sp³-hybridized carbons (Fsp3) is 0.889. The molecule has 1 saturated heterocycles. The summed E-state index contributed by atoms with van der Waals surface area (Å²) in [7, 11) is -2.73. The summed E-state index contributed by atoms with van der Waals surface area (Å²) < 4.78 is 31.5. The zero-order valence-corrected chi connectivity index (χ0v) is 11.2. The molecule has 0 bridgehead atoms. The highest BCUT2D eigenvalue weighted by Gasteiger charge is 2.24. The van der Waals surface area contributed by atoms with Crippen LogP contribution >= 0.6 is 0 Å². The van der Waals surface area contributed by atoms with Gasteiger partial charge in [0.15, 0.2) is 0 Å². The predicted octanol–water partition coefficient (Wildman–Crippen LogP) is -1.40. The normalized spacial score (nSPS) is 18.6. The maximum absolute atomic E-state index is 11.5. The molecule has 0 atom stereocenters. The van der Waals surface area contributed by atoms with Crippen LogP contribution in [0.25, 0.3) is 0 Å². The van der Waals surface area contributed by atoms with Gasteiger partial charge in [-0.05, 0) is 25.9 Å². The quantitative estimate of drug-likeness (QED) is 0.571. The Labute approximate surface area is 107 Å². The Hall–Kier alpha value is -0.900. The fourth-order valence-corrected chi connectivity index (χ4v) is 2.89. The first-order chi connectivity index (χ1) is 8.46. The highest BCUT2D eigenvalue weighted by Crippen LogP contribution is 2.10. The molecule has 0 radical (unpaired) electrons. The van der Waals surface area contributed by atoms with Crippen LogP contribution < -0.4 is 15.2 Å². The summed E-state index contributed by atoms with van der Waals surface area (Å²) in [5.41, 5.74) is 5.45. The van der Waals surface area contributed by atoms with Crippen LogP contribution in [-0.2, 0) is 14.9 Å². The van der Waals surface area contributed by atoms with Crippen molar-refractivity contribution >= 4 is 16.3 Å². The third kappa shape index (κ3) is 5.17. The minimum absolute atomic E-state index is 0.166. The molecular weight excluding hydrogens is 260 g/mol.